The van der Waals surface area contributed by atoms with Gasteiger partial charge in [0.15, 0.2) is 0 Å². The fourth-order valence-electron chi connectivity index (χ4n) is 3.66. The average Bonchev–Trinajstić information content (AvgIpc) is 3.35. The van der Waals surface area contributed by atoms with Crippen LogP contribution in [0.25, 0.3) is 0 Å². The van der Waals surface area contributed by atoms with E-state index in [0.717, 1.165) is 0 Å². The smallest absolute Gasteiger partial charge is 0.339 e. The number of thiophene rings is 1. The fraction of sp³-hybridized carbons (Fsp3) is 0.261. The SMILES string of the molecule is COC(=O)C1=C(C)NC(C)=C(C(=O)OCCOC(=O)c2ccsc2)C1c1ccccc1[N+](=O)[O-]. The third kappa shape index (κ3) is 5.15. The maximum Gasteiger partial charge on any atom is 0.339 e. The molecule has 0 amide bonds. The van der Waals surface area contributed by atoms with Crippen molar-refractivity contribution in [3.05, 3.63) is 84.9 Å². The first-order chi connectivity index (χ1) is 16.3. The van der Waals surface area contributed by atoms with Crippen LogP contribution in [0.4, 0.5) is 5.69 Å². The van der Waals surface area contributed by atoms with Crippen LogP contribution in [0.2, 0.25) is 0 Å². The van der Waals surface area contributed by atoms with Crippen molar-refractivity contribution in [2.75, 3.05) is 20.3 Å². The Morgan fingerprint density at radius 3 is 2.21 bits per heavy atom. The summed E-state index contributed by atoms with van der Waals surface area (Å²) in [5.74, 6) is -3.20. The molecule has 1 aliphatic rings. The summed E-state index contributed by atoms with van der Waals surface area (Å²) in [5.41, 5.74) is 1.12. The van der Waals surface area contributed by atoms with Gasteiger partial charge in [-0.15, -0.1) is 0 Å². The Hall–Kier alpha value is -3.99. The van der Waals surface area contributed by atoms with Crippen molar-refractivity contribution in [3.63, 3.8) is 0 Å². The van der Waals surface area contributed by atoms with Crippen LogP contribution in [-0.2, 0) is 23.8 Å². The summed E-state index contributed by atoms with van der Waals surface area (Å²) in [5, 5.41) is 18.0. The lowest BCUT2D eigenvalue weighted by Crippen LogP contribution is -2.33. The lowest BCUT2D eigenvalue weighted by Gasteiger charge is -2.30. The van der Waals surface area contributed by atoms with E-state index in [9.17, 15) is 24.5 Å². The van der Waals surface area contributed by atoms with Crippen LogP contribution < -0.4 is 5.32 Å². The number of nitro benzene ring substituents is 1. The third-order valence-corrected chi connectivity index (χ3v) is 5.82. The van der Waals surface area contributed by atoms with E-state index in [4.69, 9.17) is 14.2 Å². The molecule has 0 bridgehead atoms. The molecule has 1 unspecified atom stereocenters. The Balaban J connectivity index is 1.88. The number of nitrogens with zero attached hydrogens (tertiary/aromatic N) is 1. The third-order valence-electron chi connectivity index (χ3n) is 5.14. The van der Waals surface area contributed by atoms with Gasteiger partial charge in [-0.2, -0.15) is 11.3 Å². The van der Waals surface area contributed by atoms with Gasteiger partial charge in [-0.05, 0) is 25.3 Å². The van der Waals surface area contributed by atoms with E-state index in [1.165, 1.54) is 36.6 Å². The van der Waals surface area contributed by atoms with Crippen LogP contribution in [0.5, 0.6) is 0 Å². The predicted octanol–water partition coefficient (Wildman–Crippen LogP) is 3.46. The first kappa shape index (κ1) is 24.6. The summed E-state index contributed by atoms with van der Waals surface area (Å²) in [6.07, 6.45) is 0. The number of hydrogen-bond donors (Lipinski definition) is 1. The normalized spacial score (nSPS) is 15.4. The van der Waals surface area contributed by atoms with Crippen LogP contribution >= 0.6 is 11.3 Å². The Labute approximate surface area is 199 Å². The molecule has 0 radical (unpaired) electrons. The van der Waals surface area contributed by atoms with Gasteiger partial charge in [0, 0.05) is 28.4 Å². The molecular weight excluding hydrogens is 464 g/mol. The number of allylic oxidation sites excluding steroid dienone is 2. The van der Waals surface area contributed by atoms with Gasteiger partial charge >= 0.3 is 17.9 Å². The summed E-state index contributed by atoms with van der Waals surface area (Å²) in [4.78, 5) is 48.8. The number of dihydropyridines is 1. The van der Waals surface area contributed by atoms with E-state index >= 15 is 0 Å². The Morgan fingerprint density at radius 1 is 1.00 bits per heavy atom. The molecule has 178 valence electrons. The van der Waals surface area contributed by atoms with E-state index in [-0.39, 0.29) is 35.6 Å². The molecule has 1 aromatic carbocycles. The summed E-state index contributed by atoms with van der Waals surface area (Å²) in [7, 11) is 1.18. The molecule has 2 aromatic rings. The molecule has 0 saturated heterocycles. The lowest BCUT2D eigenvalue weighted by atomic mass is 9.79. The average molecular weight is 487 g/mol. The van der Waals surface area contributed by atoms with Gasteiger partial charge in [0.2, 0.25) is 0 Å². The standard InChI is InChI=1S/C23H22N2O8S/c1-13-18(22(27)31-3)20(16-6-4-5-7-17(16)25(29)30)19(14(2)24-13)23(28)33-10-9-32-21(26)15-8-11-34-12-15/h4-8,11-12,20,24H,9-10H2,1-3H3. The molecular formula is C23H22N2O8S. The maximum absolute atomic E-state index is 13.1. The molecule has 34 heavy (non-hydrogen) atoms. The van der Waals surface area contributed by atoms with Gasteiger partial charge in [0.05, 0.1) is 34.7 Å². The van der Waals surface area contributed by atoms with Gasteiger partial charge < -0.3 is 19.5 Å². The van der Waals surface area contributed by atoms with Crippen LogP contribution in [0.3, 0.4) is 0 Å². The van der Waals surface area contributed by atoms with Crippen LogP contribution in [0.1, 0.15) is 35.7 Å². The molecule has 0 spiro atoms. The van der Waals surface area contributed by atoms with Crippen LogP contribution in [0.15, 0.2) is 63.6 Å². The Morgan fingerprint density at radius 2 is 1.62 bits per heavy atom. The fourth-order valence-corrected chi connectivity index (χ4v) is 4.29. The number of nitro groups is 1. The van der Waals surface area contributed by atoms with Gasteiger partial charge in [-0.3, -0.25) is 10.1 Å². The van der Waals surface area contributed by atoms with Gasteiger partial charge in [0.25, 0.3) is 5.69 Å². The van der Waals surface area contributed by atoms with Crippen molar-refractivity contribution in [3.8, 4) is 0 Å². The van der Waals surface area contributed by atoms with E-state index in [0.29, 0.717) is 17.0 Å². The van der Waals surface area contributed by atoms with Crippen LogP contribution in [-0.4, -0.2) is 43.2 Å². The molecule has 3 rings (SSSR count). The van der Waals surface area contributed by atoms with Gasteiger partial charge in [-0.25, -0.2) is 14.4 Å². The molecule has 0 aliphatic carbocycles. The van der Waals surface area contributed by atoms with E-state index < -0.39 is 28.7 Å². The number of hydrogen-bond acceptors (Lipinski definition) is 10. The first-order valence-electron chi connectivity index (χ1n) is 10.1. The number of esters is 3. The number of rotatable bonds is 8. The number of para-hydroxylation sites is 1. The Kier molecular flexibility index (Phi) is 7.79. The molecule has 1 atom stereocenters. The number of carbonyl (C=O) groups is 3. The largest absolute Gasteiger partial charge is 0.466 e. The molecule has 10 nitrogen and oxygen atoms in total. The number of carbonyl (C=O) groups excluding carboxylic acids is 3. The molecule has 1 aliphatic heterocycles. The van der Waals surface area contributed by atoms with Crippen molar-refractivity contribution in [1.82, 2.24) is 5.32 Å². The highest BCUT2D eigenvalue weighted by atomic mass is 32.1. The van der Waals surface area contributed by atoms with E-state index in [2.05, 4.69) is 5.32 Å². The number of nitrogens with one attached hydrogen (secondary N) is 1. The Bertz CT molecular complexity index is 1180. The summed E-state index contributed by atoms with van der Waals surface area (Å²) < 4.78 is 15.3. The zero-order valence-electron chi connectivity index (χ0n) is 18.7. The highest BCUT2D eigenvalue weighted by Gasteiger charge is 2.40. The lowest BCUT2D eigenvalue weighted by molar-refractivity contribution is -0.385. The summed E-state index contributed by atoms with van der Waals surface area (Å²) >= 11 is 1.35. The van der Waals surface area contributed by atoms with Crippen molar-refractivity contribution in [1.29, 1.82) is 0 Å². The summed E-state index contributed by atoms with van der Waals surface area (Å²) in [6.45, 7) is 2.79. The minimum absolute atomic E-state index is 0.0180. The number of methoxy groups -OCH3 is 1. The number of ether oxygens (including phenoxy) is 3. The zero-order chi connectivity index (χ0) is 24.8. The minimum atomic E-state index is -1.10. The van der Waals surface area contributed by atoms with Crippen molar-refractivity contribution in [2.45, 2.75) is 19.8 Å². The second kappa shape index (κ2) is 10.8. The molecule has 0 saturated carbocycles. The second-order valence-corrected chi connectivity index (χ2v) is 8.01. The number of benzene rings is 1. The highest BCUT2D eigenvalue weighted by molar-refractivity contribution is 7.08. The summed E-state index contributed by atoms with van der Waals surface area (Å²) in [6, 6.07) is 7.46. The van der Waals surface area contributed by atoms with Crippen LogP contribution in [0, 0.1) is 10.1 Å². The molecule has 1 aromatic heterocycles. The van der Waals surface area contributed by atoms with Crippen molar-refractivity contribution < 1.29 is 33.5 Å². The topological polar surface area (TPSA) is 134 Å². The zero-order valence-corrected chi connectivity index (χ0v) is 19.5. The first-order valence-corrected chi connectivity index (χ1v) is 11.1. The predicted molar refractivity (Wildman–Crippen MR) is 122 cm³/mol. The van der Waals surface area contributed by atoms with Crippen molar-refractivity contribution in [2.24, 2.45) is 0 Å². The van der Waals surface area contributed by atoms with E-state index in [1.807, 2.05) is 0 Å². The van der Waals surface area contributed by atoms with E-state index in [1.54, 1.807) is 36.7 Å². The van der Waals surface area contributed by atoms with Gasteiger partial charge in [-0.1, -0.05) is 18.2 Å². The maximum atomic E-state index is 13.1. The van der Waals surface area contributed by atoms with Gasteiger partial charge in [0.1, 0.15) is 13.2 Å². The quantitative estimate of drug-likeness (QED) is 0.196. The molecule has 2 heterocycles. The molecule has 1 N–H and O–H groups in total. The molecule has 0 fully saturated rings. The minimum Gasteiger partial charge on any atom is -0.466 e. The monoisotopic (exact) mass is 486 g/mol. The molecule has 11 heteroatoms. The highest BCUT2D eigenvalue weighted by Crippen LogP contribution is 2.42. The second-order valence-electron chi connectivity index (χ2n) is 7.23. The van der Waals surface area contributed by atoms with Crippen molar-refractivity contribution >= 4 is 34.9 Å².